The molecule has 0 radical (unpaired) electrons. The molecule has 9 N–H and O–H groups in total. The van der Waals surface area contributed by atoms with Gasteiger partial charge in [0.2, 0.25) is 11.6 Å². The summed E-state index contributed by atoms with van der Waals surface area (Å²) in [5, 5.41) is 54.4. The van der Waals surface area contributed by atoms with Gasteiger partial charge in [-0.1, -0.05) is 26.0 Å². The van der Waals surface area contributed by atoms with Crippen LogP contribution in [0.15, 0.2) is 36.7 Å². The van der Waals surface area contributed by atoms with E-state index in [-0.39, 0.29) is 41.8 Å². The summed E-state index contributed by atoms with van der Waals surface area (Å²) in [6.45, 7) is 4.40. The zero-order valence-electron chi connectivity index (χ0n) is 22.5. The van der Waals surface area contributed by atoms with Gasteiger partial charge in [0.25, 0.3) is 11.8 Å². The SMILES string of the molecule is CC1(C)CCOc2c(C(=O)N[C@H]3CN4C(=N)N[C@@H](CNC(=O)c5ncccn5)[C@@H]5NC(=N)N[C@@]54C3(O)O)cccc21. The number of rotatable bonds is 5. The van der Waals surface area contributed by atoms with Gasteiger partial charge in [0.15, 0.2) is 17.6 Å². The first-order valence-corrected chi connectivity index (χ1v) is 13.3. The monoisotopic (exact) mass is 564 g/mol. The summed E-state index contributed by atoms with van der Waals surface area (Å²) in [7, 11) is 0. The lowest BCUT2D eigenvalue weighted by Crippen LogP contribution is -2.81. The van der Waals surface area contributed by atoms with Gasteiger partial charge >= 0.3 is 0 Å². The second-order valence-electron chi connectivity index (χ2n) is 11.3. The average molecular weight is 565 g/mol. The van der Waals surface area contributed by atoms with Crippen molar-refractivity contribution in [1.29, 1.82) is 10.8 Å². The summed E-state index contributed by atoms with van der Waals surface area (Å²) in [4.78, 5) is 35.3. The predicted octanol–water partition coefficient (Wildman–Crippen LogP) is -1.84. The van der Waals surface area contributed by atoms with E-state index in [1.165, 1.54) is 17.3 Å². The molecule has 0 unspecified atom stereocenters. The van der Waals surface area contributed by atoms with Crippen molar-refractivity contribution in [1.82, 2.24) is 41.5 Å². The summed E-state index contributed by atoms with van der Waals surface area (Å²) in [6, 6.07) is 3.96. The number of benzene rings is 1. The Bertz CT molecular complexity index is 1430. The standard InChI is InChI=1S/C26H32N10O5/c1-24(2)7-10-41-17-13(5-3-6-14(17)24)20(37)33-16-12-36-23(28)32-15(11-31-21(38)19-29-8-4-9-30-19)18-25(36,26(16,39)40)35-22(27)34-18/h3-6,8-9,15-16,18,39-40H,7,10-12H2,1-2H3,(H2,28,32)(H,31,38)(H,33,37)(H3,27,34,35)/t15-,16-,18-,25-/m0/s1. The van der Waals surface area contributed by atoms with Crippen LogP contribution in [0.4, 0.5) is 0 Å². The molecule has 3 saturated heterocycles. The molecule has 2 aromatic rings. The smallest absolute Gasteiger partial charge is 0.289 e. The van der Waals surface area contributed by atoms with Gasteiger partial charge in [-0.15, -0.1) is 0 Å². The lowest BCUT2D eigenvalue weighted by Gasteiger charge is -2.51. The van der Waals surface area contributed by atoms with Crippen LogP contribution in [0.25, 0.3) is 0 Å². The highest BCUT2D eigenvalue weighted by Gasteiger charge is 2.74. The molecule has 15 nitrogen and oxygen atoms in total. The molecule has 4 aliphatic heterocycles. The number of nitrogens with zero attached hydrogens (tertiary/aromatic N) is 3. The van der Waals surface area contributed by atoms with Crippen LogP contribution in [0.2, 0.25) is 0 Å². The molecule has 0 saturated carbocycles. The van der Waals surface area contributed by atoms with E-state index in [2.05, 4.69) is 50.4 Å². The molecule has 3 fully saturated rings. The number of ether oxygens (including phenoxy) is 1. The average Bonchev–Trinajstić information content (AvgIpc) is 3.41. The van der Waals surface area contributed by atoms with Crippen LogP contribution >= 0.6 is 0 Å². The Morgan fingerprint density at radius 1 is 1.15 bits per heavy atom. The normalized spacial score (nSPS) is 28.6. The number of aliphatic hydroxyl groups is 2. The van der Waals surface area contributed by atoms with Crippen molar-refractivity contribution in [2.45, 2.75) is 55.3 Å². The molecule has 2 amide bonds. The number of amides is 2. The summed E-state index contributed by atoms with van der Waals surface area (Å²) in [5.74, 6) is -3.72. The minimum Gasteiger partial charge on any atom is -0.492 e. The van der Waals surface area contributed by atoms with Gasteiger partial charge in [-0.3, -0.25) is 20.4 Å². The number of fused-ring (bicyclic) bond motifs is 1. The van der Waals surface area contributed by atoms with Crippen molar-refractivity contribution in [3.05, 3.63) is 53.6 Å². The largest absolute Gasteiger partial charge is 0.492 e. The maximum absolute atomic E-state index is 13.6. The highest BCUT2D eigenvalue weighted by Crippen LogP contribution is 2.44. The van der Waals surface area contributed by atoms with Crippen LogP contribution in [0.3, 0.4) is 0 Å². The number of hydrogen-bond acceptors (Lipinski definition) is 9. The topological polar surface area (TPSA) is 221 Å². The molecule has 1 spiro atoms. The van der Waals surface area contributed by atoms with Gasteiger partial charge in [-0.05, 0) is 24.0 Å². The van der Waals surface area contributed by atoms with E-state index in [1.807, 2.05) is 6.07 Å². The van der Waals surface area contributed by atoms with E-state index in [4.69, 9.17) is 15.6 Å². The first-order valence-electron chi connectivity index (χ1n) is 13.3. The van der Waals surface area contributed by atoms with Crippen LogP contribution in [-0.2, 0) is 5.41 Å². The fraction of sp³-hybridized carbons (Fsp3) is 0.462. The molecule has 0 aliphatic carbocycles. The van der Waals surface area contributed by atoms with Gasteiger partial charge in [-0.25, -0.2) is 9.97 Å². The lowest BCUT2D eigenvalue weighted by molar-refractivity contribution is -0.232. The third-order valence-corrected chi connectivity index (χ3v) is 8.42. The number of aromatic nitrogens is 2. The second-order valence-corrected chi connectivity index (χ2v) is 11.3. The van der Waals surface area contributed by atoms with Gasteiger partial charge in [-0.2, -0.15) is 0 Å². The second kappa shape index (κ2) is 9.27. The molecular weight excluding hydrogens is 532 g/mol. The highest BCUT2D eigenvalue weighted by atomic mass is 16.5. The van der Waals surface area contributed by atoms with E-state index < -0.39 is 41.4 Å². The predicted molar refractivity (Wildman–Crippen MR) is 144 cm³/mol. The molecule has 1 aromatic carbocycles. The molecule has 4 atom stereocenters. The van der Waals surface area contributed by atoms with Gasteiger partial charge in [0.05, 0.1) is 24.3 Å². The number of hydrogen-bond donors (Lipinski definition) is 9. The van der Waals surface area contributed by atoms with E-state index in [0.29, 0.717) is 12.4 Å². The maximum atomic E-state index is 13.6. The van der Waals surface area contributed by atoms with Gasteiger partial charge in [0.1, 0.15) is 11.8 Å². The Hall–Kier alpha value is -4.50. The summed E-state index contributed by atoms with van der Waals surface area (Å²) < 4.78 is 5.88. The third-order valence-electron chi connectivity index (χ3n) is 8.42. The van der Waals surface area contributed by atoms with Crippen molar-refractivity contribution in [3.8, 4) is 5.75 Å². The first-order chi connectivity index (χ1) is 19.5. The van der Waals surface area contributed by atoms with E-state index in [9.17, 15) is 19.8 Å². The third kappa shape index (κ3) is 4.02. The van der Waals surface area contributed by atoms with Crippen molar-refractivity contribution >= 4 is 23.7 Å². The lowest BCUT2D eigenvalue weighted by atomic mass is 9.79. The molecule has 41 heavy (non-hydrogen) atoms. The zero-order valence-corrected chi connectivity index (χ0v) is 22.5. The van der Waals surface area contributed by atoms with E-state index in [0.717, 1.165) is 12.0 Å². The summed E-state index contributed by atoms with van der Waals surface area (Å²) >= 11 is 0. The maximum Gasteiger partial charge on any atom is 0.289 e. The number of guanidine groups is 2. The molecule has 1 aromatic heterocycles. The minimum atomic E-state index is -2.66. The molecule has 6 rings (SSSR count). The van der Waals surface area contributed by atoms with Crippen LogP contribution in [0, 0.1) is 10.8 Å². The van der Waals surface area contributed by atoms with Crippen molar-refractivity contribution < 1.29 is 24.5 Å². The Morgan fingerprint density at radius 2 is 1.90 bits per heavy atom. The summed E-state index contributed by atoms with van der Waals surface area (Å²) in [6.07, 6.45) is 3.66. The Morgan fingerprint density at radius 3 is 2.66 bits per heavy atom. The molecule has 4 aliphatic rings. The van der Waals surface area contributed by atoms with E-state index in [1.54, 1.807) is 18.2 Å². The molecule has 216 valence electrons. The van der Waals surface area contributed by atoms with Crippen LogP contribution in [-0.4, -0.2) is 98.1 Å². The minimum absolute atomic E-state index is 0.0438. The zero-order chi connectivity index (χ0) is 29.2. The Labute approximate surface area is 235 Å². The van der Waals surface area contributed by atoms with Crippen molar-refractivity contribution in [2.75, 3.05) is 19.7 Å². The molecule has 5 heterocycles. The van der Waals surface area contributed by atoms with Crippen LogP contribution < -0.4 is 31.3 Å². The van der Waals surface area contributed by atoms with E-state index >= 15 is 0 Å². The van der Waals surface area contributed by atoms with Gasteiger partial charge < -0.3 is 46.4 Å². The number of carbonyl (C=O) groups is 2. The number of carbonyl (C=O) groups excluding carboxylic acids is 2. The van der Waals surface area contributed by atoms with Gasteiger partial charge in [0, 0.05) is 31.0 Å². The van der Waals surface area contributed by atoms with Crippen LogP contribution in [0.1, 0.15) is 46.8 Å². The van der Waals surface area contributed by atoms with Crippen molar-refractivity contribution in [2.24, 2.45) is 0 Å². The Kier molecular flexibility index (Phi) is 6.04. The quantitative estimate of drug-likeness (QED) is 0.184. The molecular formula is C26H32N10O5. The van der Waals surface area contributed by atoms with Crippen LogP contribution in [0.5, 0.6) is 5.75 Å². The van der Waals surface area contributed by atoms with Crippen molar-refractivity contribution in [3.63, 3.8) is 0 Å². The number of para-hydroxylation sites is 1. The Balaban J connectivity index is 1.26. The molecule has 15 heteroatoms. The summed E-state index contributed by atoms with van der Waals surface area (Å²) in [5.41, 5.74) is -0.839. The fourth-order valence-corrected chi connectivity index (χ4v) is 6.23. The fourth-order valence-electron chi connectivity index (χ4n) is 6.23. The number of nitrogens with one attached hydrogen (secondary N) is 7. The highest BCUT2D eigenvalue weighted by molar-refractivity contribution is 5.98. The first kappa shape index (κ1) is 26.7. The molecule has 0 bridgehead atoms.